The molecular formula is C13H21NO3S. The smallest absolute Gasteiger partial charge is 0.330 e. The van der Waals surface area contributed by atoms with E-state index in [0.29, 0.717) is 6.42 Å². The molecule has 4 atom stereocenters. The van der Waals surface area contributed by atoms with E-state index in [-0.39, 0.29) is 27.9 Å². The number of carboxylic acids is 1. The van der Waals surface area contributed by atoms with Crippen LogP contribution < -0.4 is 0 Å². The van der Waals surface area contributed by atoms with Gasteiger partial charge in [-0.1, -0.05) is 34.6 Å². The Morgan fingerprint density at radius 1 is 1.50 bits per heavy atom. The number of nitrogens with zero attached hydrogens (tertiary/aromatic N) is 1. The molecule has 0 aromatic carbocycles. The number of carbonyl (C=O) groups excluding carboxylic acids is 1. The number of rotatable bonds is 2. The first kappa shape index (κ1) is 13.7. The summed E-state index contributed by atoms with van der Waals surface area (Å²) >= 11 is 1.64. The van der Waals surface area contributed by atoms with Crippen molar-refractivity contribution in [2.24, 2.45) is 11.3 Å². The highest BCUT2D eigenvalue weighted by Gasteiger charge is 2.68. The van der Waals surface area contributed by atoms with Crippen LogP contribution in [0.4, 0.5) is 0 Å². The molecule has 0 bridgehead atoms. The zero-order valence-electron chi connectivity index (χ0n) is 11.6. The van der Waals surface area contributed by atoms with Gasteiger partial charge in [0.2, 0.25) is 5.91 Å². The van der Waals surface area contributed by atoms with Gasteiger partial charge in [-0.05, 0) is 11.8 Å². The van der Waals surface area contributed by atoms with Crippen LogP contribution in [0.25, 0.3) is 0 Å². The molecule has 2 rings (SSSR count). The highest BCUT2D eigenvalue weighted by atomic mass is 32.2. The number of hydrogen-bond acceptors (Lipinski definition) is 3. The molecule has 2 heterocycles. The van der Waals surface area contributed by atoms with Gasteiger partial charge < -0.3 is 10.0 Å². The molecule has 0 radical (unpaired) electrons. The highest BCUT2D eigenvalue weighted by Crippen LogP contribution is 2.57. The second kappa shape index (κ2) is 3.89. The van der Waals surface area contributed by atoms with Gasteiger partial charge in [-0.25, -0.2) is 4.79 Å². The van der Waals surface area contributed by atoms with E-state index < -0.39 is 11.5 Å². The fourth-order valence-corrected chi connectivity index (χ4v) is 5.35. The van der Waals surface area contributed by atoms with Gasteiger partial charge in [-0.15, -0.1) is 11.8 Å². The number of aliphatic carboxylic acids is 1. The monoisotopic (exact) mass is 271 g/mol. The second-order valence-electron chi connectivity index (χ2n) is 6.30. The van der Waals surface area contributed by atoms with Crippen LogP contribution in [0.15, 0.2) is 0 Å². The Morgan fingerprint density at radius 2 is 2.06 bits per heavy atom. The average Bonchev–Trinajstić information content (AvgIpc) is 2.46. The lowest BCUT2D eigenvalue weighted by atomic mass is 9.72. The molecule has 102 valence electrons. The van der Waals surface area contributed by atoms with Crippen LogP contribution in [0.2, 0.25) is 0 Å². The number of β-lactam (4-membered cyclic amide) rings is 1. The van der Waals surface area contributed by atoms with E-state index >= 15 is 0 Å². The molecule has 2 aliphatic rings. The minimum Gasteiger partial charge on any atom is -0.479 e. The summed E-state index contributed by atoms with van der Waals surface area (Å²) in [5, 5.41) is 9.53. The summed E-state index contributed by atoms with van der Waals surface area (Å²) in [4.78, 5) is 25.6. The summed E-state index contributed by atoms with van der Waals surface area (Å²) in [6, 6.07) is 0. The molecule has 2 fully saturated rings. The van der Waals surface area contributed by atoms with Gasteiger partial charge in [-0.3, -0.25) is 4.79 Å². The molecule has 4 nitrogen and oxygen atoms in total. The zero-order valence-corrected chi connectivity index (χ0v) is 12.4. The molecular weight excluding hydrogens is 250 g/mol. The Morgan fingerprint density at radius 3 is 2.44 bits per heavy atom. The molecule has 2 aliphatic heterocycles. The number of carboxylic acid groups (broad SMARTS) is 1. The van der Waals surface area contributed by atoms with Crippen molar-refractivity contribution < 1.29 is 14.7 Å². The summed E-state index contributed by atoms with van der Waals surface area (Å²) in [6.45, 7) is 9.92. The van der Waals surface area contributed by atoms with Crippen molar-refractivity contribution in [2.75, 3.05) is 0 Å². The van der Waals surface area contributed by atoms with Crippen LogP contribution in [0.5, 0.6) is 0 Å². The fraction of sp³-hybridized carbons (Fsp3) is 0.846. The van der Waals surface area contributed by atoms with E-state index in [0.717, 1.165) is 0 Å². The lowest BCUT2D eigenvalue weighted by Gasteiger charge is -2.52. The van der Waals surface area contributed by atoms with E-state index in [9.17, 15) is 14.7 Å². The SMILES string of the molecule is CCC1(C(=O)O)C(C)SC2C(C(C)(C)C)C(=O)N21. The molecule has 5 heteroatoms. The van der Waals surface area contributed by atoms with E-state index in [2.05, 4.69) is 0 Å². The Bertz CT molecular complexity index is 404. The lowest BCUT2D eigenvalue weighted by molar-refractivity contribution is -0.178. The zero-order chi connectivity index (χ0) is 13.9. The van der Waals surface area contributed by atoms with Crippen molar-refractivity contribution >= 4 is 23.6 Å². The molecule has 0 aliphatic carbocycles. The number of thioether (sulfide) groups is 1. The highest BCUT2D eigenvalue weighted by molar-refractivity contribution is 8.01. The summed E-state index contributed by atoms with van der Waals surface area (Å²) in [7, 11) is 0. The molecule has 0 aromatic rings. The van der Waals surface area contributed by atoms with Crippen LogP contribution in [-0.4, -0.2) is 38.0 Å². The second-order valence-corrected chi connectivity index (χ2v) is 7.77. The van der Waals surface area contributed by atoms with Gasteiger partial charge in [-0.2, -0.15) is 0 Å². The van der Waals surface area contributed by atoms with Crippen LogP contribution >= 0.6 is 11.8 Å². The van der Waals surface area contributed by atoms with Gasteiger partial charge in [0.1, 0.15) is 0 Å². The maximum Gasteiger partial charge on any atom is 0.330 e. The molecule has 4 unspecified atom stereocenters. The van der Waals surface area contributed by atoms with Crippen LogP contribution in [0, 0.1) is 11.3 Å². The van der Waals surface area contributed by atoms with Crippen molar-refractivity contribution in [3.05, 3.63) is 0 Å². The summed E-state index contributed by atoms with van der Waals surface area (Å²) in [6.07, 6.45) is 0.468. The van der Waals surface area contributed by atoms with Crippen LogP contribution in [0.1, 0.15) is 41.0 Å². The summed E-state index contributed by atoms with van der Waals surface area (Å²) < 4.78 is 0. The number of amides is 1. The minimum absolute atomic E-state index is 0.00796. The van der Waals surface area contributed by atoms with E-state index in [1.165, 1.54) is 0 Å². The third kappa shape index (κ3) is 1.46. The maximum atomic E-state index is 12.4. The molecule has 2 saturated heterocycles. The first-order valence-corrected chi connectivity index (χ1v) is 7.34. The van der Waals surface area contributed by atoms with E-state index in [1.54, 1.807) is 16.7 Å². The predicted molar refractivity (Wildman–Crippen MR) is 71.3 cm³/mol. The summed E-state index contributed by atoms with van der Waals surface area (Å²) in [5.74, 6) is -0.917. The summed E-state index contributed by atoms with van der Waals surface area (Å²) in [5.41, 5.74) is -1.11. The Balaban J connectivity index is 2.38. The molecule has 1 amide bonds. The number of hydrogen-bond donors (Lipinski definition) is 1. The molecule has 1 N–H and O–H groups in total. The fourth-order valence-electron chi connectivity index (χ4n) is 3.23. The largest absolute Gasteiger partial charge is 0.479 e. The van der Waals surface area contributed by atoms with Gasteiger partial charge in [0.15, 0.2) is 5.54 Å². The first-order chi connectivity index (χ1) is 8.17. The number of fused-ring (bicyclic) bond motifs is 1. The molecule has 0 spiro atoms. The average molecular weight is 271 g/mol. The van der Waals surface area contributed by atoms with Crippen LogP contribution in [-0.2, 0) is 9.59 Å². The van der Waals surface area contributed by atoms with Crippen molar-refractivity contribution in [3.8, 4) is 0 Å². The van der Waals surface area contributed by atoms with Gasteiger partial charge in [0.05, 0.1) is 11.3 Å². The predicted octanol–water partition coefficient (Wildman–Crippen LogP) is 2.19. The van der Waals surface area contributed by atoms with Crippen molar-refractivity contribution in [1.82, 2.24) is 4.90 Å². The van der Waals surface area contributed by atoms with Crippen LogP contribution in [0.3, 0.4) is 0 Å². The van der Waals surface area contributed by atoms with E-state index in [1.807, 2.05) is 34.6 Å². The number of carbonyl (C=O) groups is 2. The van der Waals surface area contributed by atoms with Gasteiger partial charge in [0, 0.05) is 5.25 Å². The standard InChI is InChI=1S/C13H21NO3S/c1-6-13(11(16)17)7(2)18-10-8(12(3,4)5)9(15)14(10)13/h7-8,10H,6H2,1-5H3,(H,16,17). The van der Waals surface area contributed by atoms with Crippen molar-refractivity contribution in [2.45, 2.75) is 57.2 Å². The Labute approximate surface area is 112 Å². The van der Waals surface area contributed by atoms with Gasteiger partial charge in [0.25, 0.3) is 0 Å². The third-order valence-electron chi connectivity index (χ3n) is 4.33. The minimum atomic E-state index is -1.01. The first-order valence-electron chi connectivity index (χ1n) is 6.40. The third-order valence-corrected chi connectivity index (χ3v) is 5.89. The lowest BCUT2D eigenvalue weighted by Crippen LogP contribution is -2.70. The van der Waals surface area contributed by atoms with Gasteiger partial charge >= 0.3 is 5.97 Å². The van der Waals surface area contributed by atoms with E-state index in [4.69, 9.17) is 0 Å². The molecule has 0 aromatic heterocycles. The Hall–Kier alpha value is -0.710. The molecule has 18 heavy (non-hydrogen) atoms. The maximum absolute atomic E-state index is 12.4. The van der Waals surface area contributed by atoms with Crippen molar-refractivity contribution in [3.63, 3.8) is 0 Å². The Kier molecular flexibility index (Phi) is 2.96. The topological polar surface area (TPSA) is 57.6 Å². The quantitative estimate of drug-likeness (QED) is 0.782. The normalized spacial score (nSPS) is 39.5. The van der Waals surface area contributed by atoms with Crippen molar-refractivity contribution in [1.29, 1.82) is 0 Å². The molecule has 0 saturated carbocycles.